The zero-order chi connectivity index (χ0) is 17.7. The quantitative estimate of drug-likeness (QED) is 0.462. The van der Waals surface area contributed by atoms with Crippen LogP contribution in [0.4, 0.5) is 11.4 Å². The highest BCUT2D eigenvalue weighted by atomic mass is 32.1. The molecule has 0 saturated carbocycles. The maximum absolute atomic E-state index is 11.6. The van der Waals surface area contributed by atoms with Crippen molar-refractivity contribution < 1.29 is 19.7 Å². The lowest BCUT2D eigenvalue weighted by Crippen LogP contribution is -2.19. The summed E-state index contributed by atoms with van der Waals surface area (Å²) in [6.07, 6.45) is 0.998. The number of thiophene rings is 1. The molecule has 1 aromatic heterocycles. The Kier molecular flexibility index (Phi) is 5.16. The lowest BCUT2D eigenvalue weighted by Gasteiger charge is -2.01. The first-order chi connectivity index (χ1) is 11.4. The first kappa shape index (κ1) is 17.0. The number of aromatic hydroxyl groups is 1. The number of nitrogens with zero attached hydrogens (tertiary/aromatic N) is 3. The zero-order valence-corrected chi connectivity index (χ0v) is 12.7. The molecule has 1 amide bonds. The number of hydrogen-bond acceptors (Lipinski definition) is 8. The number of hydrogen-bond donors (Lipinski definition) is 2. The van der Waals surface area contributed by atoms with Gasteiger partial charge in [0.1, 0.15) is 0 Å². The van der Waals surface area contributed by atoms with Crippen LogP contribution in [-0.2, 0) is 11.2 Å². The Morgan fingerprint density at radius 2 is 2.08 bits per heavy atom. The first-order valence-electron chi connectivity index (χ1n) is 6.38. The number of nitro groups is 2. The zero-order valence-electron chi connectivity index (χ0n) is 11.9. The van der Waals surface area contributed by atoms with Gasteiger partial charge in [-0.1, -0.05) is 6.07 Å². The van der Waals surface area contributed by atoms with Gasteiger partial charge in [-0.25, -0.2) is 5.43 Å². The molecular formula is C13H10N4O6S. The molecule has 0 bridgehead atoms. The Labute approximate surface area is 138 Å². The molecule has 1 heterocycles. The summed E-state index contributed by atoms with van der Waals surface area (Å²) in [4.78, 5) is 32.3. The molecule has 24 heavy (non-hydrogen) atoms. The van der Waals surface area contributed by atoms with Crippen molar-refractivity contribution in [2.24, 2.45) is 5.10 Å². The number of rotatable bonds is 6. The highest BCUT2D eigenvalue weighted by Gasteiger charge is 2.23. The standard InChI is InChI=1S/C13H10N4O6S/c18-12(6-10-2-1-3-24-10)15-14-7-8-4-9(16(20)21)5-11(13(8)19)17(22)23/h1-5,7,19H,6H2,(H,15,18)/b14-7+. The molecule has 2 N–H and O–H groups in total. The van der Waals surface area contributed by atoms with E-state index in [0.29, 0.717) is 6.07 Å². The summed E-state index contributed by atoms with van der Waals surface area (Å²) in [6.45, 7) is 0. The van der Waals surface area contributed by atoms with Crippen LogP contribution in [0.25, 0.3) is 0 Å². The maximum Gasteiger partial charge on any atom is 0.318 e. The van der Waals surface area contributed by atoms with Crippen LogP contribution in [0, 0.1) is 20.2 Å². The fourth-order valence-electron chi connectivity index (χ4n) is 1.75. The second kappa shape index (κ2) is 7.28. The third-order valence-corrected chi connectivity index (χ3v) is 3.70. The highest BCUT2D eigenvalue weighted by Crippen LogP contribution is 2.33. The molecule has 10 nitrogen and oxygen atoms in total. The summed E-state index contributed by atoms with van der Waals surface area (Å²) < 4.78 is 0. The third-order valence-electron chi connectivity index (χ3n) is 2.82. The van der Waals surface area contributed by atoms with Crippen LogP contribution in [0.5, 0.6) is 5.75 Å². The molecule has 11 heteroatoms. The molecule has 0 radical (unpaired) electrons. The van der Waals surface area contributed by atoms with Gasteiger partial charge in [-0.05, 0) is 11.4 Å². The fourth-order valence-corrected chi connectivity index (χ4v) is 2.46. The predicted molar refractivity (Wildman–Crippen MR) is 85.2 cm³/mol. The topological polar surface area (TPSA) is 148 Å². The Balaban J connectivity index is 2.17. The van der Waals surface area contributed by atoms with Crippen LogP contribution in [0.3, 0.4) is 0 Å². The first-order valence-corrected chi connectivity index (χ1v) is 7.26. The van der Waals surface area contributed by atoms with E-state index < -0.39 is 32.9 Å². The minimum absolute atomic E-state index is 0.0933. The van der Waals surface area contributed by atoms with Crippen LogP contribution >= 0.6 is 11.3 Å². The second-order valence-corrected chi connectivity index (χ2v) is 5.50. The van der Waals surface area contributed by atoms with Gasteiger partial charge in [-0.15, -0.1) is 11.3 Å². The van der Waals surface area contributed by atoms with Crippen molar-refractivity contribution in [2.45, 2.75) is 6.42 Å². The normalized spacial score (nSPS) is 10.7. The minimum atomic E-state index is -0.949. The van der Waals surface area contributed by atoms with Crippen molar-refractivity contribution in [1.82, 2.24) is 5.43 Å². The van der Waals surface area contributed by atoms with Crippen LogP contribution in [0.1, 0.15) is 10.4 Å². The number of hydrazone groups is 1. The van der Waals surface area contributed by atoms with Crippen LogP contribution in [0.15, 0.2) is 34.7 Å². The van der Waals surface area contributed by atoms with Gasteiger partial charge in [0.15, 0.2) is 0 Å². The predicted octanol–water partition coefficient (Wildman–Crippen LogP) is 1.96. The summed E-state index contributed by atoms with van der Waals surface area (Å²) in [7, 11) is 0. The van der Waals surface area contributed by atoms with Crippen molar-refractivity contribution in [3.8, 4) is 5.75 Å². The van der Waals surface area contributed by atoms with Crippen molar-refractivity contribution >= 4 is 34.8 Å². The molecule has 0 atom stereocenters. The molecule has 2 rings (SSSR count). The highest BCUT2D eigenvalue weighted by molar-refractivity contribution is 7.10. The van der Waals surface area contributed by atoms with Crippen LogP contribution in [0.2, 0.25) is 0 Å². The van der Waals surface area contributed by atoms with Gasteiger partial charge in [-0.2, -0.15) is 5.10 Å². The largest absolute Gasteiger partial charge is 0.502 e. The molecule has 0 saturated heterocycles. The smallest absolute Gasteiger partial charge is 0.318 e. The Bertz CT molecular complexity index is 818. The number of phenolic OH excluding ortho intramolecular Hbond substituents is 1. The van der Waals surface area contributed by atoms with Crippen LogP contribution in [-0.4, -0.2) is 27.1 Å². The lowest BCUT2D eigenvalue weighted by molar-refractivity contribution is -0.394. The van der Waals surface area contributed by atoms with Crippen molar-refractivity contribution in [1.29, 1.82) is 0 Å². The minimum Gasteiger partial charge on any atom is -0.502 e. The number of amides is 1. The van der Waals surface area contributed by atoms with Gasteiger partial charge < -0.3 is 5.11 Å². The Hall–Kier alpha value is -3.34. The summed E-state index contributed by atoms with van der Waals surface area (Å²) in [6, 6.07) is 5.11. The number of non-ortho nitro benzene ring substituents is 1. The Morgan fingerprint density at radius 3 is 2.67 bits per heavy atom. The molecule has 124 valence electrons. The average Bonchev–Trinajstić information content (AvgIpc) is 3.01. The fraction of sp³-hybridized carbons (Fsp3) is 0.0769. The van der Waals surface area contributed by atoms with Crippen molar-refractivity contribution in [2.75, 3.05) is 0 Å². The van der Waals surface area contributed by atoms with Gasteiger partial charge in [0.2, 0.25) is 11.7 Å². The summed E-state index contributed by atoms with van der Waals surface area (Å²) >= 11 is 1.39. The molecular weight excluding hydrogens is 340 g/mol. The van der Waals surface area contributed by atoms with E-state index in [2.05, 4.69) is 10.5 Å². The van der Waals surface area contributed by atoms with E-state index in [4.69, 9.17) is 0 Å². The monoisotopic (exact) mass is 350 g/mol. The van der Waals surface area contributed by atoms with Gasteiger partial charge in [-0.3, -0.25) is 25.0 Å². The van der Waals surface area contributed by atoms with Gasteiger partial charge in [0.05, 0.1) is 34.1 Å². The maximum atomic E-state index is 11.6. The van der Waals surface area contributed by atoms with Crippen molar-refractivity contribution in [3.63, 3.8) is 0 Å². The summed E-state index contributed by atoms with van der Waals surface area (Å²) in [5, 5.41) is 36.7. The van der Waals surface area contributed by atoms with Crippen molar-refractivity contribution in [3.05, 3.63) is 60.3 Å². The number of benzene rings is 1. The van der Waals surface area contributed by atoms with Gasteiger partial charge in [0, 0.05) is 10.9 Å². The third kappa shape index (κ3) is 4.10. The van der Waals surface area contributed by atoms with E-state index in [0.717, 1.165) is 17.2 Å². The summed E-state index contributed by atoms with van der Waals surface area (Å²) in [5.74, 6) is -1.21. The average molecular weight is 350 g/mol. The number of carbonyl (C=O) groups is 1. The van der Waals surface area contributed by atoms with E-state index in [1.165, 1.54) is 11.3 Å². The number of carbonyl (C=O) groups excluding carboxylic acids is 1. The van der Waals surface area contributed by atoms with E-state index in [1.54, 1.807) is 12.1 Å². The number of phenols is 1. The molecule has 0 aliphatic carbocycles. The molecule has 0 aliphatic rings. The summed E-state index contributed by atoms with van der Waals surface area (Å²) in [5.41, 5.74) is 0.522. The molecule has 0 aliphatic heterocycles. The number of nitrogens with one attached hydrogen (secondary N) is 1. The van der Waals surface area contributed by atoms with E-state index in [-0.39, 0.29) is 12.0 Å². The van der Waals surface area contributed by atoms with E-state index in [1.807, 2.05) is 5.38 Å². The number of nitro benzene ring substituents is 2. The Morgan fingerprint density at radius 1 is 1.33 bits per heavy atom. The lowest BCUT2D eigenvalue weighted by atomic mass is 10.1. The van der Waals surface area contributed by atoms with E-state index in [9.17, 15) is 30.1 Å². The molecule has 1 aromatic carbocycles. The van der Waals surface area contributed by atoms with Gasteiger partial charge in [0.25, 0.3) is 5.69 Å². The SMILES string of the molecule is O=C(Cc1cccs1)N/N=C/c1cc([N+](=O)[O-])cc([N+](=O)[O-])c1O. The molecule has 0 fully saturated rings. The van der Waals surface area contributed by atoms with Crippen LogP contribution < -0.4 is 5.43 Å². The molecule has 0 spiro atoms. The van der Waals surface area contributed by atoms with Gasteiger partial charge >= 0.3 is 5.69 Å². The molecule has 2 aromatic rings. The molecule has 0 unspecified atom stereocenters. The second-order valence-electron chi connectivity index (χ2n) is 4.47. The van der Waals surface area contributed by atoms with E-state index >= 15 is 0 Å².